The first kappa shape index (κ1) is 20.8. The fraction of sp³-hybridized carbons (Fsp3) is 0.333. The largest absolute Gasteiger partial charge is 0.465 e. The van der Waals surface area contributed by atoms with Crippen LogP contribution in [0.15, 0.2) is 67.3 Å². The van der Waals surface area contributed by atoms with Crippen molar-refractivity contribution in [2.24, 2.45) is 0 Å². The summed E-state index contributed by atoms with van der Waals surface area (Å²) in [4.78, 5) is 15.7. The highest BCUT2D eigenvalue weighted by Crippen LogP contribution is 2.27. The molecule has 0 aliphatic heterocycles. The number of nitrogens with zero attached hydrogens (tertiary/aromatic N) is 2. The third-order valence-electron chi connectivity index (χ3n) is 4.91. The van der Waals surface area contributed by atoms with Gasteiger partial charge in [-0.05, 0) is 34.2 Å². The molecule has 29 heavy (non-hydrogen) atoms. The lowest BCUT2D eigenvalue weighted by Gasteiger charge is -2.22. The van der Waals surface area contributed by atoms with Crippen molar-refractivity contribution in [1.82, 2.24) is 9.55 Å². The van der Waals surface area contributed by atoms with Crippen LogP contribution >= 0.6 is 0 Å². The zero-order chi connectivity index (χ0) is 20.9. The van der Waals surface area contributed by atoms with Crippen LogP contribution < -0.4 is 0 Å². The molecule has 3 aromatic rings. The van der Waals surface area contributed by atoms with Gasteiger partial charge in [-0.2, -0.15) is 0 Å². The van der Waals surface area contributed by atoms with Crippen LogP contribution in [0.5, 0.6) is 0 Å². The van der Waals surface area contributed by atoms with Crippen LogP contribution in [0, 0.1) is 0 Å². The second kappa shape index (κ2) is 9.05. The topological polar surface area (TPSA) is 53.4 Å². The lowest BCUT2D eigenvalue weighted by atomic mass is 9.86. The van der Waals surface area contributed by atoms with Crippen molar-refractivity contribution in [2.45, 2.75) is 45.4 Å². The number of aromatic nitrogens is 2. The van der Waals surface area contributed by atoms with Crippen molar-refractivity contribution in [3.63, 3.8) is 0 Å². The van der Waals surface area contributed by atoms with Crippen LogP contribution in [0.25, 0.3) is 0 Å². The van der Waals surface area contributed by atoms with Crippen molar-refractivity contribution in [3.8, 4) is 0 Å². The zero-order valence-corrected chi connectivity index (χ0v) is 17.5. The molecule has 5 heteroatoms. The molecule has 0 aliphatic rings. The maximum atomic E-state index is 11.6. The maximum Gasteiger partial charge on any atom is 0.337 e. The third kappa shape index (κ3) is 5.55. The van der Waals surface area contributed by atoms with Gasteiger partial charge in [-0.3, -0.25) is 0 Å². The molecule has 1 unspecified atom stereocenters. The summed E-state index contributed by atoms with van der Waals surface area (Å²) in [6.45, 7) is 7.75. The van der Waals surface area contributed by atoms with Crippen molar-refractivity contribution in [1.29, 1.82) is 0 Å². The number of rotatable bonds is 7. The number of esters is 1. The Morgan fingerprint density at radius 2 is 1.76 bits per heavy atom. The minimum Gasteiger partial charge on any atom is -0.465 e. The molecular weight excluding hydrogens is 364 g/mol. The molecule has 0 spiro atoms. The van der Waals surface area contributed by atoms with Gasteiger partial charge in [0.2, 0.25) is 0 Å². The quantitative estimate of drug-likeness (QED) is 0.535. The van der Waals surface area contributed by atoms with E-state index in [4.69, 9.17) is 9.47 Å². The van der Waals surface area contributed by atoms with Crippen molar-refractivity contribution < 1.29 is 14.3 Å². The molecule has 0 bridgehead atoms. The Hall–Kier alpha value is -2.92. The van der Waals surface area contributed by atoms with E-state index in [9.17, 15) is 4.79 Å². The number of ether oxygens (including phenoxy) is 2. The van der Waals surface area contributed by atoms with E-state index < -0.39 is 0 Å². The third-order valence-corrected chi connectivity index (χ3v) is 4.91. The molecule has 152 valence electrons. The summed E-state index contributed by atoms with van der Waals surface area (Å²) < 4.78 is 13.0. The van der Waals surface area contributed by atoms with E-state index in [1.54, 1.807) is 24.7 Å². The molecule has 0 N–H and O–H groups in total. The fourth-order valence-corrected chi connectivity index (χ4v) is 3.09. The number of imidazole rings is 1. The summed E-state index contributed by atoms with van der Waals surface area (Å²) in [7, 11) is 1.38. The van der Waals surface area contributed by atoms with Crippen LogP contribution in [0.4, 0.5) is 0 Å². The van der Waals surface area contributed by atoms with Gasteiger partial charge in [-0.25, -0.2) is 9.78 Å². The van der Waals surface area contributed by atoms with Crippen LogP contribution in [0.1, 0.15) is 53.9 Å². The van der Waals surface area contributed by atoms with E-state index in [0.29, 0.717) is 18.7 Å². The van der Waals surface area contributed by atoms with E-state index in [-0.39, 0.29) is 17.5 Å². The van der Waals surface area contributed by atoms with Crippen molar-refractivity contribution in [2.75, 3.05) is 7.11 Å². The van der Waals surface area contributed by atoms with E-state index >= 15 is 0 Å². The average Bonchev–Trinajstić information content (AvgIpc) is 3.23. The van der Waals surface area contributed by atoms with Crippen molar-refractivity contribution in [3.05, 3.63) is 89.5 Å². The smallest absolute Gasteiger partial charge is 0.337 e. The van der Waals surface area contributed by atoms with E-state index in [1.165, 1.54) is 12.7 Å². The van der Waals surface area contributed by atoms with Crippen LogP contribution in [-0.2, 0) is 28.0 Å². The predicted molar refractivity (Wildman–Crippen MR) is 113 cm³/mol. The molecule has 5 nitrogen and oxygen atoms in total. The summed E-state index contributed by atoms with van der Waals surface area (Å²) in [5, 5.41) is 0. The van der Waals surface area contributed by atoms with Gasteiger partial charge >= 0.3 is 5.97 Å². The Balaban J connectivity index is 1.74. The molecule has 0 radical (unpaired) electrons. The number of hydrogen-bond acceptors (Lipinski definition) is 4. The molecule has 2 aromatic carbocycles. The zero-order valence-electron chi connectivity index (χ0n) is 17.5. The van der Waals surface area contributed by atoms with Crippen molar-refractivity contribution >= 4 is 5.97 Å². The minimum absolute atomic E-state index is 0.112. The van der Waals surface area contributed by atoms with Gasteiger partial charge in [0.1, 0.15) is 6.10 Å². The molecule has 1 atom stereocenters. The van der Waals surface area contributed by atoms with Crippen LogP contribution in [0.2, 0.25) is 0 Å². The summed E-state index contributed by atoms with van der Waals surface area (Å²) in [5.74, 6) is -0.339. The molecule has 1 aromatic heterocycles. The van der Waals surface area contributed by atoms with Gasteiger partial charge in [0.05, 0.1) is 32.2 Å². The molecule has 0 saturated heterocycles. The standard InChI is InChI=1S/C24H28N2O3/c1-24(2,3)21-11-9-19(10-12-21)22(15-26-14-13-25-17-26)29-16-18-5-7-20(8-6-18)23(27)28-4/h5-14,17,22H,15-16H2,1-4H3. The number of benzene rings is 2. The van der Waals surface area contributed by atoms with Gasteiger partial charge in [0.25, 0.3) is 0 Å². The highest BCUT2D eigenvalue weighted by Gasteiger charge is 2.17. The second-order valence-corrected chi connectivity index (χ2v) is 8.12. The Bertz CT molecular complexity index is 908. The first-order chi connectivity index (χ1) is 13.9. The number of methoxy groups -OCH3 is 1. The normalized spacial score (nSPS) is 12.6. The highest BCUT2D eigenvalue weighted by atomic mass is 16.5. The van der Waals surface area contributed by atoms with Gasteiger partial charge in [0.15, 0.2) is 0 Å². The predicted octanol–water partition coefficient (Wildman–Crippen LogP) is 4.93. The molecule has 0 saturated carbocycles. The van der Waals surface area contributed by atoms with E-state index in [2.05, 4.69) is 50.0 Å². The van der Waals surface area contributed by atoms with Crippen LogP contribution in [0.3, 0.4) is 0 Å². The highest BCUT2D eigenvalue weighted by molar-refractivity contribution is 5.89. The summed E-state index contributed by atoms with van der Waals surface area (Å²) in [5.41, 5.74) is 4.06. The lowest BCUT2D eigenvalue weighted by Crippen LogP contribution is -2.14. The Labute approximate surface area is 172 Å². The minimum atomic E-state index is -0.339. The van der Waals surface area contributed by atoms with Crippen LogP contribution in [-0.4, -0.2) is 22.6 Å². The van der Waals surface area contributed by atoms with Gasteiger partial charge in [0, 0.05) is 12.4 Å². The Morgan fingerprint density at radius 1 is 1.07 bits per heavy atom. The monoisotopic (exact) mass is 392 g/mol. The first-order valence-corrected chi connectivity index (χ1v) is 9.72. The molecule has 0 fully saturated rings. The molecule has 3 rings (SSSR count). The fourth-order valence-electron chi connectivity index (χ4n) is 3.09. The van der Waals surface area contributed by atoms with E-state index in [0.717, 1.165) is 11.1 Å². The van der Waals surface area contributed by atoms with E-state index in [1.807, 2.05) is 22.9 Å². The van der Waals surface area contributed by atoms with Gasteiger partial charge in [-0.15, -0.1) is 0 Å². The molecule has 1 heterocycles. The lowest BCUT2D eigenvalue weighted by molar-refractivity contribution is 0.0279. The average molecular weight is 392 g/mol. The molecule has 0 aliphatic carbocycles. The summed E-state index contributed by atoms with van der Waals surface area (Å²) in [6.07, 6.45) is 5.39. The maximum absolute atomic E-state index is 11.6. The number of carbonyl (C=O) groups excluding carboxylic acids is 1. The summed E-state index contributed by atoms with van der Waals surface area (Å²) in [6, 6.07) is 15.9. The molecular formula is C24H28N2O3. The second-order valence-electron chi connectivity index (χ2n) is 8.12. The Morgan fingerprint density at radius 3 is 2.31 bits per heavy atom. The SMILES string of the molecule is COC(=O)c1ccc(COC(Cn2ccnc2)c2ccc(C(C)(C)C)cc2)cc1. The number of carbonyl (C=O) groups is 1. The van der Waals surface area contributed by atoms with Gasteiger partial charge in [-0.1, -0.05) is 57.2 Å². The Kier molecular flexibility index (Phi) is 6.49. The molecule has 0 amide bonds. The first-order valence-electron chi connectivity index (χ1n) is 9.72. The number of hydrogen-bond donors (Lipinski definition) is 0. The van der Waals surface area contributed by atoms with Gasteiger partial charge < -0.3 is 14.0 Å². The summed E-state index contributed by atoms with van der Waals surface area (Å²) >= 11 is 0.